The molecular formula is C15H19N3O2. The number of carbonyl (C=O) groups excluding carboxylic acids is 1. The van der Waals surface area contributed by atoms with E-state index in [1.165, 1.54) is 0 Å². The summed E-state index contributed by atoms with van der Waals surface area (Å²) in [6, 6.07) is 5.63. The Morgan fingerprint density at radius 1 is 1.40 bits per heavy atom. The summed E-state index contributed by atoms with van der Waals surface area (Å²) in [5.41, 5.74) is 1.36. The van der Waals surface area contributed by atoms with E-state index in [1.807, 2.05) is 36.7 Å². The molecule has 0 aliphatic heterocycles. The Morgan fingerprint density at radius 3 is 2.80 bits per heavy atom. The molecule has 1 aromatic heterocycles. The van der Waals surface area contributed by atoms with E-state index in [1.54, 1.807) is 0 Å². The molecule has 2 aromatic rings. The molecule has 0 saturated heterocycles. The molecule has 5 heteroatoms. The van der Waals surface area contributed by atoms with Gasteiger partial charge in [0.1, 0.15) is 11.4 Å². The number of aliphatic hydroxyl groups is 1. The Hall–Kier alpha value is -1.88. The molecule has 1 saturated carbocycles. The van der Waals surface area contributed by atoms with Gasteiger partial charge in [-0.15, -0.1) is 0 Å². The van der Waals surface area contributed by atoms with E-state index in [0.717, 1.165) is 29.7 Å². The van der Waals surface area contributed by atoms with Crippen LogP contribution in [0.5, 0.6) is 0 Å². The minimum Gasteiger partial charge on any atom is -0.380 e. The van der Waals surface area contributed by atoms with Gasteiger partial charge in [0.15, 0.2) is 0 Å². The molecule has 1 amide bonds. The maximum atomic E-state index is 12.2. The number of aryl methyl sites for hydroxylation is 2. The molecule has 0 bridgehead atoms. The van der Waals surface area contributed by atoms with Crippen molar-refractivity contribution in [2.45, 2.75) is 38.2 Å². The fraction of sp³-hybridized carbons (Fsp3) is 0.467. The Kier molecular flexibility index (Phi) is 3.01. The highest BCUT2D eigenvalue weighted by Gasteiger charge is 2.38. The number of rotatable bonds is 2. The molecule has 5 nitrogen and oxygen atoms in total. The second kappa shape index (κ2) is 4.59. The molecule has 1 aromatic carbocycles. The van der Waals surface area contributed by atoms with Gasteiger partial charge in [0.2, 0.25) is 0 Å². The third-order valence-corrected chi connectivity index (χ3v) is 4.22. The number of carbonyl (C=O) groups is 1. The lowest BCUT2D eigenvalue weighted by Crippen LogP contribution is -2.40. The number of anilines is 1. The Morgan fingerprint density at radius 2 is 2.10 bits per heavy atom. The van der Waals surface area contributed by atoms with E-state index in [2.05, 4.69) is 10.3 Å². The van der Waals surface area contributed by atoms with Gasteiger partial charge in [-0.3, -0.25) is 4.79 Å². The lowest BCUT2D eigenvalue weighted by Gasteiger charge is -2.20. The van der Waals surface area contributed by atoms with Gasteiger partial charge in [0.25, 0.3) is 5.91 Å². The summed E-state index contributed by atoms with van der Waals surface area (Å²) in [7, 11) is 1.96. The zero-order chi connectivity index (χ0) is 14.3. The van der Waals surface area contributed by atoms with E-state index < -0.39 is 5.60 Å². The van der Waals surface area contributed by atoms with Crippen molar-refractivity contribution >= 4 is 22.6 Å². The minimum atomic E-state index is -1.20. The zero-order valence-corrected chi connectivity index (χ0v) is 11.8. The van der Waals surface area contributed by atoms with E-state index in [-0.39, 0.29) is 5.91 Å². The third-order valence-electron chi connectivity index (χ3n) is 4.22. The van der Waals surface area contributed by atoms with Gasteiger partial charge in [0.05, 0.1) is 11.0 Å². The van der Waals surface area contributed by atoms with Gasteiger partial charge in [0, 0.05) is 12.7 Å². The average molecular weight is 273 g/mol. The fourth-order valence-electron chi connectivity index (χ4n) is 2.83. The van der Waals surface area contributed by atoms with Gasteiger partial charge >= 0.3 is 0 Å². The highest BCUT2D eigenvalue weighted by Crippen LogP contribution is 2.31. The van der Waals surface area contributed by atoms with Crippen LogP contribution in [0.4, 0.5) is 5.69 Å². The van der Waals surface area contributed by atoms with Crippen LogP contribution in [0, 0.1) is 6.92 Å². The average Bonchev–Trinajstić information content (AvgIpc) is 2.96. The number of benzene rings is 1. The summed E-state index contributed by atoms with van der Waals surface area (Å²) in [6.07, 6.45) is 2.90. The summed E-state index contributed by atoms with van der Waals surface area (Å²) in [5.74, 6) is 0.625. The number of hydrogen-bond donors (Lipinski definition) is 2. The van der Waals surface area contributed by atoms with Crippen molar-refractivity contribution in [1.82, 2.24) is 9.55 Å². The predicted octanol–water partition coefficient (Wildman–Crippen LogP) is 2.13. The Bertz CT molecular complexity index is 669. The van der Waals surface area contributed by atoms with Crippen molar-refractivity contribution in [3.8, 4) is 0 Å². The smallest absolute Gasteiger partial charge is 0.256 e. The standard InChI is InChI=1S/C15H19N3O2/c1-10-16-12-9-11(5-6-13(12)18(10)2)17-14(19)15(20)7-3-4-8-15/h5-6,9,20H,3-4,7-8H2,1-2H3,(H,17,19). The van der Waals surface area contributed by atoms with Crippen molar-refractivity contribution in [1.29, 1.82) is 0 Å². The van der Waals surface area contributed by atoms with Gasteiger partial charge < -0.3 is 15.0 Å². The summed E-state index contributed by atoms with van der Waals surface area (Å²) < 4.78 is 2.01. The van der Waals surface area contributed by atoms with Crippen molar-refractivity contribution in [2.24, 2.45) is 7.05 Å². The SMILES string of the molecule is Cc1nc2cc(NC(=O)C3(O)CCCC3)ccc2n1C. The third kappa shape index (κ3) is 2.08. The molecule has 1 fully saturated rings. The van der Waals surface area contributed by atoms with Crippen LogP contribution in [0.25, 0.3) is 11.0 Å². The molecule has 0 atom stereocenters. The lowest BCUT2D eigenvalue weighted by atomic mass is 10.0. The topological polar surface area (TPSA) is 67.2 Å². The normalized spacial score (nSPS) is 17.6. The van der Waals surface area contributed by atoms with Crippen LogP contribution >= 0.6 is 0 Å². The molecule has 1 aliphatic carbocycles. The van der Waals surface area contributed by atoms with E-state index in [4.69, 9.17) is 0 Å². The van der Waals surface area contributed by atoms with Gasteiger partial charge in [-0.05, 0) is 50.8 Å². The Balaban J connectivity index is 1.86. The molecule has 3 rings (SSSR count). The molecule has 1 heterocycles. The first-order valence-corrected chi connectivity index (χ1v) is 6.96. The van der Waals surface area contributed by atoms with Crippen molar-refractivity contribution < 1.29 is 9.90 Å². The molecular weight excluding hydrogens is 254 g/mol. The molecule has 0 spiro atoms. The summed E-state index contributed by atoms with van der Waals surface area (Å²) in [4.78, 5) is 16.6. The number of aromatic nitrogens is 2. The van der Waals surface area contributed by atoms with Crippen molar-refractivity contribution in [3.05, 3.63) is 24.0 Å². The van der Waals surface area contributed by atoms with Crippen LogP contribution < -0.4 is 5.32 Å². The number of nitrogens with zero attached hydrogens (tertiary/aromatic N) is 2. The van der Waals surface area contributed by atoms with E-state index in [9.17, 15) is 9.90 Å². The Labute approximate surface area is 117 Å². The number of nitrogens with one attached hydrogen (secondary N) is 1. The van der Waals surface area contributed by atoms with Crippen LogP contribution in [-0.2, 0) is 11.8 Å². The van der Waals surface area contributed by atoms with Crippen LogP contribution in [0.2, 0.25) is 0 Å². The predicted molar refractivity (Wildman–Crippen MR) is 77.5 cm³/mol. The molecule has 1 aliphatic rings. The highest BCUT2D eigenvalue weighted by atomic mass is 16.3. The van der Waals surface area contributed by atoms with Gasteiger partial charge in [-0.1, -0.05) is 0 Å². The summed E-state index contributed by atoms with van der Waals surface area (Å²) in [6.45, 7) is 1.94. The maximum Gasteiger partial charge on any atom is 0.256 e. The van der Waals surface area contributed by atoms with E-state index in [0.29, 0.717) is 18.5 Å². The minimum absolute atomic E-state index is 0.304. The van der Waals surface area contributed by atoms with Gasteiger partial charge in [-0.25, -0.2) is 4.98 Å². The van der Waals surface area contributed by atoms with Crippen molar-refractivity contribution in [3.63, 3.8) is 0 Å². The van der Waals surface area contributed by atoms with Gasteiger partial charge in [-0.2, -0.15) is 0 Å². The molecule has 0 unspecified atom stereocenters. The molecule has 20 heavy (non-hydrogen) atoms. The van der Waals surface area contributed by atoms with Crippen LogP contribution in [0.1, 0.15) is 31.5 Å². The summed E-state index contributed by atoms with van der Waals surface area (Å²) >= 11 is 0. The number of amides is 1. The monoisotopic (exact) mass is 273 g/mol. The second-order valence-electron chi connectivity index (χ2n) is 5.61. The lowest BCUT2D eigenvalue weighted by molar-refractivity contribution is -0.133. The zero-order valence-electron chi connectivity index (χ0n) is 11.8. The summed E-state index contributed by atoms with van der Waals surface area (Å²) in [5, 5.41) is 13.1. The van der Waals surface area contributed by atoms with Crippen LogP contribution in [0.15, 0.2) is 18.2 Å². The van der Waals surface area contributed by atoms with Crippen molar-refractivity contribution in [2.75, 3.05) is 5.32 Å². The number of hydrogen-bond acceptors (Lipinski definition) is 3. The molecule has 106 valence electrons. The quantitative estimate of drug-likeness (QED) is 0.880. The van der Waals surface area contributed by atoms with E-state index >= 15 is 0 Å². The molecule has 0 radical (unpaired) electrons. The first kappa shape index (κ1) is 13.1. The second-order valence-corrected chi connectivity index (χ2v) is 5.61. The van der Waals surface area contributed by atoms with Crippen LogP contribution in [0.3, 0.4) is 0 Å². The highest BCUT2D eigenvalue weighted by molar-refractivity contribution is 5.98. The van der Waals surface area contributed by atoms with Crippen LogP contribution in [-0.4, -0.2) is 26.2 Å². The largest absolute Gasteiger partial charge is 0.380 e. The maximum absolute atomic E-state index is 12.2. The molecule has 2 N–H and O–H groups in total. The first-order chi connectivity index (χ1) is 9.49. The fourth-order valence-corrected chi connectivity index (χ4v) is 2.83. The first-order valence-electron chi connectivity index (χ1n) is 6.96. The number of fused-ring (bicyclic) bond motifs is 1. The number of imidazole rings is 1.